The summed E-state index contributed by atoms with van der Waals surface area (Å²) in [6.45, 7) is -0.305. The molecule has 2 aliphatic rings. The SMILES string of the molecule is Cc1cn([C@H]2C[C@H](O)[C@@H](COP(=O)(O)OP(=O)(O)OC3O[C@@H](CO)[C@H](O)[C@@H](O)[C@H]3O)O2)c(=O)[nH]c1=O. The van der Waals surface area contributed by atoms with E-state index < -0.39 is 89.2 Å². The maximum Gasteiger partial charge on any atom is 0.483 e. The van der Waals surface area contributed by atoms with E-state index in [9.17, 15) is 48.9 Å². The second-order valence-electron chi connectivity index (χ2n) is 8.03. The number of aromatic nitrogens is 2. The number of nitrogens with one attached hydrogen (secondary N) is 1. The van der Waals surface area contributed by atoms with E-state index in [0.717, 1.165) is 4.57 Å². The lowest BCUT2D eigenvalue weighted by Crippen LogP contribution is -2.58. The summed E-state index contributed by atoms with van der Waals surface area (Å²) in [7, 11) is -10.9. The van der Waals surface area contributed by atoms with Gasteiger partial charge in [0.1, 0.15) is 36.7 Å². The second kappa shape index (κ2) is 11.2. The maximum absolute atomic E-state index is 12.2. The average molecular weight is 564 g/mol. The first-order valence-corrected chi connectivity index (χ1v) is 13.3. The van der Waals surface area contributed by atoms with Crippen molar-refractivity contribution < 1.29 is 67.3 Å². The van der Waals surface area contributed by atoms with Crippen LogP contribution in [0.25, 0.3) is 0 Å². The van der Waals surface area contributed by atoms with Gasteiger partial charge in [0.15, 0.2) is 6.29 Å². The normalized spacial score (nSPS) is 36.3. The molecular formula is C16H26N2O16P2. The molecule has 3 rings (SSSR count). The number of phosphoric ester groups is 2. The molecule has 3 heterocycles. The minimum atomic E-state index is -5.54. The number of hydrogen-bond acceptors (Lipinski definition) is 14. The largest absolute Gasteiger partial charge is 0.483 e. The molecule has 0 aromatic carbocycles. The number of aliphatic hydroxyl groups excluding tert-OH is 5. The Labute approximate surface area is 201 Å². The van der Waals surface area contributed by atoms with E-state index in [0.29, 0.717) is 0 Å². The van der Waals surface area contributed by atoms with Gasteiger partial charge in [-0.2, -0.15) is 4.31 Å². The van der Waals surface area contributed by atoms with Gasteiger partial charge in [-0.25, -0.2) is 13.9 Å². The van der Waals surface area contributed by atoms with Crippen LogP contribution < -0.4 is 11.2 Å². The van der Waals surface area contributed by atoms with E-state index in [2.05, 4.69) is 18.3 Å². The molecule has 206 valence electrons. The van der Waals surface area contributed by atoms with Crippen LogP contribution in [0.2, 0.25) is 0 Å². The molecular weight excluding hydrogens is 538 g/mol. The van der Waals surface area contributed by atoms with Crippen LogP contribution in [0, 0.1) is 6.92 Å². The molecule has 0 aliphatic carbocycles. The highest BCUT2D eigenvalue weighted by atomic mass is 31.3. The van der Waals surface area contributed by atoms with E-state index in [1.807, 2.05) is 0 Å². The smallest absolute Gasteiger partial charge is 0.394 e. The fourth-order valence-corrected chi connectivity index (χ4v) is 5.62. The van der Waals surface area contributed by atoms with Crippen molar-refractivity contribution in [2.75, 3.05) is 13.2 Å². The lowest BCUT2D eigenvalue weighted by Gasteiger charge is -2.39. The van der Waals surface area contributed by atoms with Gasteiger partial charge in [0.2, 0.25) is 0 Å². The van der Waals surface area contributed by atoms with Crippen LogP contribution in [0.1, 0.15) is 18.2 Å². The van der Waals surface area contributed by atoms with Crippen molar-refractivity contribution in [2.24, 2.45) is 0 Å². The van der Waals surface area contributed by atoms with E-state index in [4.69, 9.17) is 14.6 Å². The highest BCUT2D eigenvalue weighted by Gasteiger charge is 2.48. The molecule has 0 radical (unpaired) electrons. The lowest BCUT2D eigenvalue weighted by atomic mass is 10.00. The third-order valence-electron chi connectivity index (χ3n) is 5.35. The van der Waals surface area contributed by atoms with Gasteiger partial charge in [-0.15, -0.1) is 0 Å². The molecule has 3 unspecified atom stereocenters. The fourth-order valence-electron chi connectivity index (χ4n) is 3.46. The molecule has 2 aliphatic heterocycles. The first-order chi connectivity index (χ1) is 16.6. The number of nitrogens with zero attached hydrogens (tertiary/aromatic N) is 1. The summed E-state index contributed by atoms with van der Waals surface area (Å²) in [5.74, 6) is 0. The molecule has 8 N–H and O–H groups in total. The Morgan fingerprint density at radius 2 is 1.72 bits per heavy atom. The van der Waals surface area contributed by atoms with Gasteiger partial charge in [-0.3, -0.25) is 23.4 Å². The molecule has 2 fully saturated rings. The zero-order valence-electron chi connectivity index (χ0n) is 18.5. The van der Waals surface area contributed by atoms with Crippen molar-refractivity contribution in [1.82, 2.24) is 9.55 Å². The Kier molecular flexibility index (Phi) is 9.08. The highest BCUT2D eigenvalue weighted by molar-refractivity contribution is 7.61. The molecule has 0 saturated carbocycles. The van der Waals surface area contributed by atoms with E-state index in [1.54, 1.807) is 0 Å². The summed E-state index contributed by atoms with van der Waals surface area (Å²) in [6.07, 6.45) is -12.2. The van der Waals surface area contributed by atoms with Gasteiger partial charge in [0.25, 0.3) is 5.56 Å². The number of phosphoric acid groups is 2. The first-order valence-electron chi connectivity index (χ1n) is 10.3. The minimum Gasteiger partial charge on any atom is -0.394 e. The van der Waals surface area contributed by atoms with Crippen molar-refractivity contribution in [3.05, 3.63) is 32.6 Å². The third kappa shape index (κ3) is 6.75. The molecule has 20 heteroatoms. The Morgan fingerprint density at radius 3 is 2.36 bits per heavy atom. The summed E-state index contributed by atoms with van der Waals surface area (Å²) in [5, 5.41) is 48.5. The lowest BCUT2D eigenvalue weighted by molar-refractivity contribution is -0.280. The van der Waals surface area contributed by atoms with Gasteiger partial charge in [0, 0.05) is 18.2 Å². The number of H-pyrrole nitrogens is 1. The Morgan fingerprint density at radius 1 is 1.06 bits per heavy atom. The summed E-state index contributed by atoms with van der Waals surface area (Å²) in [6, 6.07) is 0. The summed E-state index contributed by atoms with van der Waals surface area (Å²) in [5.41, 5.74) is -1.27. The van der Waals surface area contributed by atoms with Crippen molar-refractivity contribution in [3.8, 4) is 0 Å². The molecule has 0 amide bonds. The molecule has 0 spiro atoms. The minimum absolute atomic E-state index is 0.172. The van der Waals surface area contributed by atoms with Crippen LogP contribution in [0.15, 0.2) is 15.8 Å². The predicted molar refractivity (Wildman–Crippen MR) is 112 cm³/mol. The van der Waals surface area contributed by atoms with Crippen LogP contribution in [-0.2, 0) is 32.0 Å². The molecule has 0 bridgehead atoms. The monoisotopic (exact) mass is 564 g/mol. The van der Waals surface area contributed by atoms with Gasteiger partial charge >= 0.3 is 21.3 Å². The predicted octanol–water partition coefficient (Wildman–Crippen LogP) is -3.46. The number of hydrogen-bond donors (Lipinski definition) is 8. The van der Waals surface area contributed by atoms with Gasteiger partial charge in [-0.1, -0.05) is 0 Å². The molecule has 10 atom stereocenters. The highest BCUT2D eigenvalue weighted by Crippen LogP contribution is 2.61. The quantitative estimate of drug-likeness (QED) is 0.135. The zero-order chi connectivity index (χ0) is 27.0. The number of ether oxygens (including phenoxy) is 2. The third-order valence-corrected chi connectivity index (χ3v) is 7.95. The molecule has 1 aromatic rings. The van der Waals surface area contributed by atoms with E-state index >= 15 is 0 Å². The van der Waals surface area contributed by atoms with Crippen molar-refractivity contribution in [3.63, 3.8) is 0 Å². The van der Waals surface area contributed by atoms with Crippen LogP contribution in [0.5, 0.6) is 0 Å². The van der Waals surface area contributed by atoms with Gasteiger partial charge < -0.3 is 44.8 Å². The molecule has 18 nitrogen and oxygen atoms in total. The molecule has 36 heavy (non-hydrogen) atoms. The maximum atomic E-state index is 12.2. The van der Waals surface area contributed by atoms with Gasteiger partial charge in [0.05, 0.1) is 19.3 Å². The number of aliphatic hydroxyl groups is 5. The average Bonchev–Trinajstić information content (AvgIpc) is 3.14. The summed E-state index contributed by atoms with van der Waals surface area (Å²) < 4.78 is 48.8. The van der Waals surface area contributed by atoms with Crippen molar-refractivity contribution >= 4 is 15.6 Å². The number of aromatic amines is 1. The fraction of sp³-hybridized carbons (Fsp3) is 0.750. The first kappa shape index (κ1) is 29.2. The summed E-state index contributed by atoms with van der Waals surface area (Å²) >= 11 is 0. The van der Waals surface area contributed by atoms with Crippen LogP contribution in [0.3, 0.4) is 0 Å². The van der Waals surface area contributed by atoms with Crippen LogP contribution >= 0.6 is 15.6 Å². The van der Waals surface area contributed by atoms with Crippen LogP contribution in [-0.4, -0.2) is 101 Å². The standard InChI is InChI=1S/C16H26N2O16P2/c1-6-3-18(16(25)17-14(6)24)10-2-7(20)9(31-10)5-30-35(26,27)34-36(28,29)33-15-13(23)12(22)11(21)8(4-19)32-15/h3,7-13,15,19-23H,2,4-5H2,1H3,(H,26,27)(H,28,29)(H,17,24,25)/t7-,8-,9+,10+,11-,12+,13+,15?/m0/s1. The van der Waals surface area contributed by atoms with E-state index in [1.165, 1.54) is 13.1 Å². The van der Waals surface area contributed by atoms with Crippen molar-refractivity contribution in [1.29, 1.82) is 0 Å². The molecule has 2 saturated heterocycles. The van der Waals surface area contributed by atoms with Crippen molar-refractivity contribution in [2.45, 2.75) is 62.5 Å². The Balaban J connectivity index is 1.59. The Hall–Kier alpha value is -1.34. The number of aryl methyl sites for hydroxylation is 1. The number of rotatable bonds is 9. The van der Waals surface area contributed by atoms with Crippen LogP contribution in [0.4, 0.5) is 0 Å². The van der Waals surface area contributed by atoms with Gasteiger partial charge in [-0.05, 0) is 6.92 Å². The van der Waals surface area contributed by atoms with E-state index in [-0.39, 0.29) is 12.0 Å². The second-order valence-corrected chi connectivity index (χ2v) is 11.0. The molecule has 1 aromatic heterocycles. The Bertz CT molecular complexity index is 1140. The summed E-state index contributed by atoms with van der Waals surface area (Å²) in [4.78, 5) is 45.2. The zero-order valence-corrected chi connectivity index (χ0v) is 20.3. The topological polar surface area (TPSA) is 277 Å².